The fraction of sp³-hybridized carbons (Fsp3) is 0. The lowest BCUT2D eigenvalue weighted by atomic mass is 10.3. The van der Waals surface area contributed by atoms with Crippen LogP contribution in [0.25, 0.3) is 0 Å². The highest BCUT2D eigenvalue weighted by molar-refractivity contribution is 7.87. The maximum absolute atomic E-state index is 13.4. The first-order valence-corrected chi connectivity index (χ1v) is 6.75. The van der Waals surface area contributed by atoms with Crippen molar-refractivity contribution in [3.8, 4) is 5.75 Å². The van der Waals surface area contributed by atoms with Crippen molar-refractivity contribution in [1.29, 1.82) is 0 Å². The van der Waals surface area contributed by atoms with Gasteiger partial charge in [0.25, 0.3) is 5.69 Å². The number of hydrogen-bond donors (Lipinski definition) is 0. The Morgan fingerprint density at radius 3 is 2.30 bits per heavy atom. The Bertz CT molecular complexity index is 760. The molecule has 0 radical (unpaired) electrons. The Hall–Kier alpha value is -2.48. The molecule has 0 heterocycles. The summed E-state index contributed by atoms with van der Waals surface area (Å²) in [5, 5.41) is 10.8. The van der Waals surface area contributed by atoms with Gasteiger partial charge < -0.3 is 4.18 Å². The van der Waals surface area contributed by atoms with Gasteiger partial charge in [0.05, 0.1) is 4.92 Å². The smallest absolute Gasteiger partial charge is 0.346 e. The van der Waals surface area contributed by atoms with Gasteiger partial charge in [0.2, 0.25) is 0 Å². The van der Waals surface area contributed by atoms with E-state index in [9.17, 15) is 22.9 Å². The Balaban J connectivity index is 2.47. The van der Waals surface area contributed by atoms with E-state index in [0.717, 1.165) is 24.3 Å². The van der Waals surface area contributed by atoms with Crippen LogP contribution in [0.1, 0.15) is 0 Å². The maximum Gasteiger partial charge on any atom is 0.346 e. The lowest BCUT2D eigenvalue weighted by Crippen LogP contribution is -2.12. The molecule has 6 nitrogen and oxygen atoms in total. The molecule has 8 heteroatoms. The van der Waals surface area contributed by atoms with Crippen molar-refractivity contribution in [1.82, 2.24) is 0 Å². The fourth-order valence-corrected chi connectivity index (χ4v) is 2.60. The summed E-state index contributed by atoms with van der Waals surface area (Å²) in [5.74, 6) is -1.40. The molecule has 0 aliphatic rings. The van der Waals surface area contributed by atoms with Gasteiger partial charge in [-0.1, -0.05) is 24.3 Å². The molecule has 0 aliphatic carbocycles. The highest BCUT2D eigenvalue weighted by Gasteiger charge is 2.27. The molecule has 0 saturated heterocycles. The molecule has 0 amide bonds. The molecule has 104 valence electrons. The molecule has 2 aromatic rings. The minimum Gasteiger partial charge on any atom is -0.376 e. The molecule has 0 unspecified atom stereocenters. The van der Waals surface area contributed by atoms with Crippen molar-refractivity contribution in [2.24, 2.45) is 0 Å². The zero-order chi connectivity index (χ0) is 14.8. The van der Waals surface area contributed by atoms with Crippen LogP contribution in [-0.2, 0) is 10.1 Å². The second-order valence-corrected chi connectivity index (χ2v) is 5.21. The summed E-state index contributed by atoms with van der Waals surface area (Å²) in [6, 6.07) is 9.55. The zero-order valence-electron chi connectivity index (χ0n) is 9.89. The third-order valence-electron chi connectivity index (χ3n) is 2.37. The number of nitrogens with zero attached hydrogens (tertiary/aromatic N) is 1. The average molecular weight is 297 g/mol. The topological polar surface area (TPSA) is 86.5 Å². The van der Waals surface area contributed by atoms with Gasteiger partial charge in [-0.15, -0.1) is 0 Å². The first-order chi connectivity index (χ1) is 9.42. The van der Waals surface area contributed by atoms with Crippen LogP contribution in [0.3, 0.4) is 0 Å². The molecule has 0 atom stereocenters. The summed E-state index contributed by atoms with van der Waals surface area (Å²) >= 11 is 0. The van der Waals surface area contributed by atoms with Crippen LogP contribution in [0.5, 0.6) is 5.75 Å². The largest absolute Gasteiger partial charge is 0.376 e. The van der Waals surface area contributed by atoms with Crippen LogP contribution in [0, 0.1) is 15.9 Å². The van der Waals surface area contributed by atoms with E-state index in [1.807, 2.05) is 0 Å². The fourth-order valence-electron chi connectivity index (χ4n) is 1.49. The second-order valence-electron chi connectivity index (χ2n) is 3.69. The van der Waals surface area contributed by atoms with Crippen LogP contribution in [0.15, 0.2) is 53.4 Å². The number of nitro groups is 1. The maximum atomic E-state index is 13.4. The van der Waals surface area contributed by atoms with E-state index >= 15 is 0 Å². The number of rotatable bonds is 4. The molecule has 2 rings (SSSR count). The minimum atomic E-state index is -4.49. The van der Waals surface area contributed by atoms with Crippen molar-refractivity contribution in [2.75, 3.05) is 0 Å². The van der Waals surface area contributed by atoms with Crippen molar-refractivity contribution in [3.63, 3.8) is 0 Å². The minimum absolute atomic E-state index is 0.523. The van der Waals surface area contributed by atoms with E-state index in [4.69, 9.17) is 0 Å². The van der Waals surface area contributed by atoms with Gasteiger partial charge in [-0.25, -0.2) is 4.39 Å². The van der Waals surface area contributed by atoms with Crippen LogP contribution in [-0.4, -0.2) is 13.3 Å². The van der Waals surface area contributed by atoms with Gasteiger partial charge in [-0.3, -0.25) is 10.1 Å². The van der Waals surface area contributed by atoms with Crippen LogP contribution in [0.4, 0.5) is 10.1 Å². The molecule has 20 heavy (non-hydrogen) atoms. The monoisotopic (exact) mass is 297 g/mol. The summed E-state index contributed by atoms with van der Waals surface area (Å²) in [5.41, 5.74) is -0.635. The summed E-state index contributed by atoms with van der Waals surface area (Å²) in [6.07, 6.45) is 0. The van der Waals surface area contributed by atoms with Crippen molar-refractivity contribution >= 4 is 15.8 Å². The van der Waals surface area contributed by atoms with Gasteiger partial charge >= 0.3 is 10.1 Å². The molecule has 2 aromatic carbocycles. The standard InChI is InChI=1S/C12H8FNO5S/c13-9-5-1-3-7-11(9)19-20(17,18)12-8-4-2-6-10(12)14(15)16/h1-8H. The summed E-state index contributed by atoms with van der Waals surface area (Å²) < 4.78 is 41.9. The Kier molecular flexibility index (Phi) is 3.66. The molecule has 0 aromatic heterocycles. The van der Waals surface area contributed by atoms with Gasteiger partial charge in [-0.2, -0.15) is 8.42 Å². The van der Waals surface area contributed by atoms with Gasteiger partial charge in [0.15, 0.2) is 16.5 Å². The molecule has 0 spiro atoms. The highest BCUT2D eigenvalue weighted by Crippen LogP contribution is 2.27. The second kappa shape index (κ2) is 5.25. The molecular weight excluding hydrogens is 289 g/mol. The van der Waals surface area contributed by atoms with E-state index in [1.54, 1.807) is 0 Å². The van der Waals surface area contributed by atoms with Gasteiger partial charge in [-0.05, 0) is 18.2 Å². The Labute approximate surface area is 113 Å². The SMILES string of the molecule is O=[N+]([O-])c1ccccc1S(=O)(=O)Oc1ccccc1F. The van der Waals surface area contributed by atoms with Crippen LogP contribution >= 0.6 is 0 Å². The average Bonchev–Trinajstić information content (AvgIpc) is 2.41. The van der Waals surface area contributed by atoms with Crippen molar-refractivity contribution < 1.29 is 21.9 Å². The highest BCUT2D eigenvalue weighted by atomic mass is 32.2. The zero-order valence-corrected chi connectivity index (χ0v) is 10.7. The molecule has 0 bridgehead atoms. The summed E-state index contributed by atoms with van der Waals surface area (Å²) in [6.45, 7) is 0. The molecule has 0 N–H and O–H groups in total. The third-order valence-corrected chi connectivity index (χ3v) is 3.65. The Morgan fingerprint density at radius 1 is 1.05 bits per heavy atom. The van der Waals surface area contributed by atoms with Crippen LogP contribution < -0.4 is 4.18 Å². The first kappa shape index (κ1) is 13.9. The van der Waals surface area contributed by atoms with E-state index in [1.165, 1.54) is 24.3 Å². The normalized spacial score (nSPS) is 11.1. The number of benzene rings is 2. The molecular formula is C12H8FNO5S. The van der Waals surface area contributed by atoms with Gasteiger partial charge in [0.1, 0.15) is 0 Å². The van der Waals surface area contributed by atoms with Crippen LogP contribution in [0.2, 0.25) is 0 Å². The number of para-hydroxylation sites is 2. The predicted octanol–water partition coefficient (Wildman–Crippen LogP) is 2.50. The first-order valence-electron chi connectivity index (χ1n) is 5.34. The van der Waals surface area contributed by atoms with Crippen molar-refractivity contribution in [2.45, 2.75) is 4.90 Å². The summed E-state index contributed by atoms with van der Waals surface area (Å²) in [7, 11) is -4.49. The number of halogens is 1. The Morgan fingerprint density at radius 2 is 1.65 bits per heavy atom. The lowest BCUT2D eigenvalue weighted by Gasteiger charge is -2.07. The summed E-state index contributed by atoms with van der Waals surface area (Å²) in [4.78, 5) is 9.32. The number of nitro benzene ring substituents is 1. The van der Waals surface area contributed by atoms with E-state index in [2.05, 4.69) is 4.18 Å². The molecule has 0 fully saturated rings. The van der Waals surface area contributed by atoms with E-state index in [0.29, 0.717) is 0 Å². The van der Waals surface area contributed by atoms with E-state index in [-0.39, 0.29) is 0 Å². The lowest BCUT2D eigenvalue weighted by molar-refractivity contribution is -0.387. The van der Waals surface area contributed by atoms with E-state index < -0.39 is 37.2 Å². The molecule has 0 saturated carbocycles. The quantitative estimate of drug-likeness (QED) is 0.491. The van der Waals surface area contributed by atoms with Crippen molar-refractivity contribution in [3.05, 3.63) is 64.5 Å². The predicted molar refractivity (Wildman–Crippen MR) is 67.3 cm³/mol. The van der Waals surface area contributed by atoms with Gasteiger partial charge in [0, 0.05) is 6.07 Å². The third kappa shape index (κ3) is 2.75. The number of hydrogen-bond acceptors (Lipinski definition) is 5. The molecule has 0 aliphatic heterocycles.